The fourth-order valence-electron chi connectivity index (χ4n) is 8.04. The topological polar surface area (TPSA) is 12.9 Å². The minimum absolute atomic E-state index is 0.230. The number of nitrogens with zero attached hydrogens (tertiary/aromatic N) is 1. The first kappa shape index (κ1) is 68.3. The van der Waals surface area contributed by atoms with Gasteiger partial charge in [0, 0.05) is 12.4 Å². The Balaban J connectivity index is 0.000000438. The minimum atomic E-state index is 0.230. The lowest BCUT2D eigenvalue weighted by Crippen LogP contribution is -2.22. The Morgan fingerprint density at radius 1 is 0.280 bits per heavy atom. The highest BCUT2D eigenvalue weighted by atomic mass is 14.6. The third-order valence-corrected chi connectivity index (χ3v) is 13.9. The molecule has 5 aromatic carbocycles. The Labute approximate surface area is 465 Å². The summed E-state index contributed by atoms with van der Waals surface area (Å²) >= 11 is 0. The smallest absolute Gasteiger partial charge is 0.0305 e. The van der Waals surface area contributed by atoms with E-state index in [9.17, 15) is 0 Å². The van der Waals surface area contributed by atoms with E-state index in [1.165, 1.54) is 93.3 Å². The summed E-state index contributed by atoms with van der Waals surface area (Å²) in [5, 5.41) is 0. The van der Waals surface area contributed by atoms with Crippen molar-refractivity contribution in [1.82, 2.24) is 4.98 Å². The first-order valence-corrected chi connectivity index (χ1v) is 28.5. The molecule has 1 nitrogen and oxygen atoms in total. The second kappa shape index (κ2) is 30.3. The fraction of sp³-hybridized carbons (Fsp3) is 0.527. The number of aromatic nitrogens is 1. The standard InChI is InChI=1S/5C11H16.C10H20.C9H13N/c5*1-9-5-7-10(8-6-9)11(2,3)4;1-10(2,3)9-7-5-4-6-8-9;1-9(2,3)8-5-4-6-10-7-8/h5*5-8H,1-4H3;9H,4-8H2,1-3H3;4-7H,1-3H3. The number of pyridine rings is 1. The molecule has 1 aliphatic carbocycles. The van der Waals surface area contributed by atoms with Crippen LogP contribution in [0.3, 0.4) is 0 Å². The summed E-state index contributed by atoms with van der Waals surface area (Å²) in [6.45, 7) is 57.8. The molecule has 1 saturated carbocycles. The summed E-state index contributed by atoms with van der Waals surface area (Å²) in [5.74, 6) is 1.00. The van der Waals surface area contributed by atoms with Gasteiger partial charge in [-0.2, -0.15) is 0 Å². The highest BCUT2D eigenvalue weighted by molar-refractivity contribution is 5.30. The number of hydrogen-bond acceptors (Lipinski definition) is 1. The molecule has 414 valence electrons. The summed E-state index contributed by atoms with van der Waals surface area (Å²) in [6.07, 6.45) is 11.1. The van der Waals surface area contributed by atoms with E-state index in [1.807, 2.05) is 12.3 Å². The predicted octanol–water partition coefficient (Wildman–Crippen LogP) is 22.5. The molecule has 0 bridgehead atoms. The third kappa shape index (κ3) is 29.4. The van der Waals surface area contributed by atoms with E-state index in [4.69, 9.17) is 0 Å². The van der Waals surface area contributed by atoms with Crippen molar-refractivity contribution in [3.05, 3.63) is 207 Å². The van der Waals surface area contributed by atoms with Gasteiger partial charge in [-0.1, -0.05) is 320 Å². The first-order chi connectivity index (χ1) is 34.2. The molecule has 0 aliphatic heterocycles. The minimum Gasteiger partial charge on any atom is -0.264 e. The summed E-state index contributed by atoms with van der Waals surface area (Å²) < 4.78 is 0. The van der Waals surface area contributed by atoms with Crippen molar-refractivity contribution in [2.75, 3.05) is 0 Å². The van der Waals surface area contributed by atoms with Crippen LogP contribution >= 0.6 is 0 Å². The zero-order chi connectivity index (χ0) is 57.6. The van der Waals surface area contributed by atoms with Gasteiger partial charge in [-0.25, -0.2) is 0 Å². The highest BCUT2D eigenvalue weighted by Crippen LogP contribution is 2.37. The average Bonchev–Trinajstić information content (AvgIpc) is 3.30. The molecule has 0 radical (unpaired) electrons. The van der Waals surface area contributed by atoms with E-state index in [2.05, 4.69) is 312 Å². The van der Waals surface area contributed by atoms with Gasteiger partial charge in [-0.3, -0.25) is 4.98 Å². The molecule has 1 fully saturated rings. The van der Waals surface area contributed by atoms with Crippen LogP contribution in [0.15, 0.2) is 146 Å². The molecule has 0 saturated heterocycles. The molecule has 0 atom stereocenters. The van der Waals surface area contributed by atoms with E-state index in [0.29, 0.717) is 5.41 Å². The van der Waals surface area contributed by atoms with Crippen LogP contribution in [0.1, 0.15) is 239 Å². The average molecular weight is 1020 g/mol. The molecular weight excluding hydrogens is 903 g/mol. The molecule has 1 aliphatic rings. The second-order valence-electron chi connectivity index (χ2n) is 28.8. The van der Waals surface area contributed by atoms with Crippen LogP contribution in [-0.2, 0) is 32.5 Å². The summed E-state index contributed by atoms with van der Waals surface area (Å²) in [7, 11) is 0. The van der Waals surface area contributed by atoms with Gasteiger partial charge in [-0.05, 0) is 131 Å². The molecule has 75 heavy (non-hydrogen) atoms. The molecule has 1 heterocycles. The molecule has 1 aromatic heterocycles. The van der Waals surface area contributed by atoms with Crippen LogP contribution in [-0.4, -0.2) is 4.98 Å². The summed E-state index contributed by atoms with van der Waals surface area (Å²) in [5.41, 5.74) is 17.2. The molecule has 0 N–H and O–H groups in total. The van der Waals surface area contributed by atoms with Gasteiger partial charge in [0.1, 0.15) is 0 Å². The van der Waals surface area contributed by atoms with Gasteiger partial charge in [0.25, 0.3) is 0 Å². The van der Waals surface area contributed by atoms with Crippen molar-refractivity contribution in [3.8, 4) is 0 Å². The molecule has 0 spiro atoms. The zero-order valence-electron chi connectivity index (χ0n) is 53.4. The van der Waals surface area contributed by atoms with Crippen molar-refractivity contribution in [2.45, 2.75) is 245 Å². The lowest BCUT2D eigenvalue weighted by Gasteiger charge is -2.33. The van der Waals surface area contributed by atoms with Crippen molar-refractivity contribution >= 4 is 0 Å². The monoisotopic (exact) mass is 1020 g/mol. The Kier molecular flexibility index (Phi) is 27.5. The maximum atomic E-state index is 4.05. The Morgan fingerprint density at radius 3 is 0.627 bits per heavy atom. The van der Waals surface area contributed by atoms with Gasteiger partial charge in [0.2, 0.25) is 0 Å². The maximum Gasteiger partial charge on any atom is 0.0305 e. The number of aryl methyl sites for hydroxylation is 5. The number of rotatable bonds is 0. The van der Waals surface area contributed by atoms with Gasteiger partial charge in [0.15, 0.2) is 0 Å². The molecule has 0 amide bonds. The van der Waals surface area contributed by atoms with E-state index in [1.54, 1.807) is 6.20 Å². The molecule has 0 unspecified atom stereocenters. The summed E-state index contributed by atoms with van der Waals surface area (Å²) in [6, 6.07) is 47.8. The largest absolute Gasteiger partial charge is 0.264 e. The lowest BCUT2D eigenvalue weighted by molar-refractivity contribution is 0.180. The number of benzene rings is 5. The SMILES string of the molecule is CC(C)(C)C1CCCCC1.CC(C)(C)c1cccnc1.Cc1ccc(C(C)(C)C)cc1.Cc1ccc(C(C)(C)C)cc1.Cc1ccc(C(C)(C)C)cc1.Cc1ccc(C(C)(C)C)cc1.Cc1ccc(C(C)(C)C)cc1. The van der Waals surface area contributed by atoms with Crippen molar-refractivity contribution < 1.29 is 0 Å². The lowest BCUT2D eigenvalue weighted by atomic mass is 9.72. The molecule has 6 aromatic rings. The van der Waals surface area contributed by atoms with Crippen LogP contribution < -0.4 is 0 Å². The Bertz CT molecular complexity index is 2070. The van der Waals surface area contributed by atoms with Gasteiger partial charge in [-0.15, -0.1) is 0 Å². The first-order valence-electron chi connectivity index (χ1n) is 28.5. The van der Waals surface area contributed by atoms with Crippen molar-refractivity contribution in [1.29, 1.82) is 0 Å². The quantitative estimate of drug-likeness (QED) is 0.148. The van der Waals surface area contributed by atoms with Gasteiger partial charge >= 0.3 is 0 Å². The van der Waals surface area contributed by atoms with Crippen LogP contribution in [0.25, 0.3) is 0 Å². The van der Waals surface area contributed by atoms with Crippen molar-refractivity contribution in [3.63, 3.8) is 0 Å². The van der Waals surface area contributed by atoms with Crippen LogP contribution in [0, 0.1) is 46.0 Å². The van der Waals surface area contributed by atoms with E-state index < -0.39 is 0 Å². The predicted molar refractivity (Wildman–Crippen MR) is 338 cm³/mol. The van der Waals surface area contributed by atoms with Crippen LogP contribution in [0.4, 0.5) is 0 Å². The highest BCUT2D eigenvalue weighted by Gasteiger charge is 2.25. The maximum absolute atomic E-state index is 4.05. The zero-order valence-corrected chi connectivity index (χ0v) is 53.4. The fourth-order valence-corrected chi connectivity index (χ4v) is 8.04. The Morgan fingerprint density at radius 2 is 0.493 bits per heavy atom. The van der Waals surface area contributed by atoms with E-state index in [0.717, 1.165) is 5.92 Å². The molecule has 7 rings (SSSR count). The van der Waals surface area contributed by atoms with Crippen LogP contribution in [0.2, 0.25) is 0 Å². The summed E-state index contributed by atoms with van der Waals surface area (Å²) in [4.78, 5) is 4.05. The normalized spacial score (nSPS) is 13.1. The Hall–Kier alpha value is -4.75. The van der Waals surface area contributed by atoms with Crippen molar-refractivity contribution in [2.24, 2.45) is 11.3 Å². The third-order valence-electron chi connectivity index (χ3n) is 13.9. The van der Waals surface area contributed by atoms with Crippen LogP contribution in [0.5, 0.6) is 0 Å². The van der Waals surface area contributed by atoms with Gasteiger partial charge < -0.3 is 0 Å². The molecular formula is C74H113N. The van der Waals surface area contributed by atoms with E-state index in [-0.39, 0.29) is 32.5 Å². The van der Waals surface area contributed by atoms with Gasteiger partial charge in [0.05, 0.1) is 0 Å². The second-order valence-corrected chi connectivity index (χ2v) is 28.8. The van der Waals surface area contributed by atoms with E-state index >= 15 is 0 Å². The molecule has 1 heteroatoms. The number of hydrogen-bond donors (Lipinski definition) is 0.